The number of carbonyl (C=O) groups excluding carboxylic acids is 2. The van der Waals surface area contributed by atoms with Gasteiger partial charge in [0.25, 0.3) is 0 Å². The molecule has 0 amide bonds. The number of hydrogen-bond acceptors (Lipinski definition) is 6. The first-order valence-electron chi connectivity index (χ1n) is 10.5. The van der Waals surface area contributed by atoms with Crippen LogP contribution in [0.3, 0.4) is 0 Å². The van der Waals surface area contributed by atoms with Gasteiger partial charge in [-0.2, -0.15) is 0 Å². The molecule has 32 heavy (non-hydrogen) atoms. The minimum absolute atomic E-state index is 0.0000977. The van der Waals surface area contributed by atoms with Crippen LogP contribution in [0.25, 0.3) is 0 Å². The Morgan fingerprint density at radius 2 is 1.75 bits per heavy atom. The van der Waals surface area contributed by atoms with Crippen LogP contribution in [0.5, 0.6) is 5.75 Å². The average molecular weight is 501 g/mol. The zero-order valence-electron chi connectivity index (χ0n) is 18.0. The van der Waals surface area contributed by atoms with Gasteiger partial charge < -0.3 is 18.9 Å². The first kappa shape index (κ1) is 22.6. The molecule has 0 N–H and O–H groups in total. The predicted molar refractivity (Wildman–Crippen MR) is 121 cm³/mol. The maximum Gasteiger partial charge on any atom is 0.373 e. The standard InChI is InChI=1S/C25H25BrO6/c1-29-18-9-5-16(6-10-18)22(27)13-19-11-12-20-21(15-3-7-17(26)8-4-15)14-23(24(28)30-2)32-25(20)31-19/h3-10,14,19-21,25H,11-13H2,1-2H3/t19-,20-,21-,25+/m1/s1. The molecule has 7 heteroatoms. The van der Waals surface area contributed by atoms with Crippen LogP contribution in [0.1, 0.15) is 41.1 Å². The van der Waals surface area contributed by atoms with Crippen molar-refractivity contribution in [3.63, 3.8) is 0 Å². The van der Waals surface area contributed by atoms with Crippen LogP contribution in [0.4, 0.5) is 0 Å². The number of halogens is 1. The Labute approximate surface area is 195 Å². The van der Waals surface area contributed by atoms with Crippen molar-refractivity contribution in [2.24, 2.45) is 5.92 Å². The number of allylic oxidation sites excluding steroid dienone is 1. The van der Waals surface area contributed by atoms with E-state index in [1.54, 1.807) is 31.4 Å². The average Bonchev–Trinajstić information content (AvgIpc) is 2.83. The Balaban J connectivity index is 1.50. The van der Waals surface area contributed by atoms with E-state index in [-0.39, 0.29) is 35.9 Å². The molecule has 0 radical (unpaired) electrons. The molecule has 2 aliphatic heterocycles. The highest BCUT2D eigenvalue weighted by Gasteiger charge is 2.43. The molecule has 2 aromatic carbocycles. The third-order valence-corrected chi connectivity index (χ3v) is 6.53. The van der Waals surface area contributed by atoms with Gasteiger partial charge in [-0.1, -0.05) is 28.1 Å². The second-order valence-electron chi connectivity index (χ2n) is 7.94. The van der Waals surface area contributed by atoms with Crippen molar-refractivity contribution in [2.45, 2.75) is 37.6 Å². The van der Waals surface area contributed by atoms with Gasteiger partial charge in [0.1, 0.15) is 5.75 Å². The fourth-order valence-electron chi connectivity index (χ4n) is 4.29. The van der Waals surface area contributed by atoms with E-state index < -0.39 is 12.3 Å². The number of methoxy groups -OCH3 is 2. The summed E-state index contributed by atoms with van der Waals surface area (Å²) in [6.45, 7) is 0. The molecule has 4 rings (SSSR count). The predicted octanol–water partition coefficient (Wildman–Crippen LogP) is 5.02. The van der Waals surface area contributed by atoms with E-state index in [1.165, 1.54) is 7.11 Å². The summed E-state index contributed by atoms with van der Waals surface area (Å²) in [6, 6.07) is 15.1. The van der Waals surface area contributed by atoms with E-state index in [9.17, 15) is 9.59 Å². The highest BCUT2D eigenvalue weighted by Crippen LogP contribution is 2.43. The van der Waals surface area contributed by atoms with E-state index >= 15 is 0 Å². The molecule has 0 bridgehead atoms. The third-order valence-electron chi connectivity index (χ3n) is 6.00. The van der Waals surface area contributed by atoms with Crippen molar-refractivity contribution in [2.75, 3.05) is 14.2 Å². The van der Waals surface area contributed by atoms with E-state index in [0.29, 0.717) is 11.3 Å². The minimum Gasteiger partial charge on any atom is -0.497 e. The van der Waals surface area contributed by atoms with Gasteiger partial charge in [-0.05, 0) is 60.9 Å². The van der Waals surface area contributed by atoms with Crippen molar-refractivity contribution in [3.05, 3.63) is 76.0 Å². The molecule has 2 aliphatic rings. The van der Waals surface area contributed by atoms with Gasteiger partial charge in [0, 0.05) is 28.3 Å². The Morgan fingerprint density at radius 3 is 2.41 bits per heavy atom. The number of Topliss-reactive ketones (excluding diaryl/α,β-unsaturated/α-hetero) is 1. The van der Waals surface area contributed by atoms with Crippen molar-refractivity contribution >= 4 is 27.7 Å². The van der Waals surface area contributed by atoms with E-state index in [2.05, 4.69) is 15.9 Å². The van der Waals surface area contributed by atoms with Crippen molar-refractivity contribution in [3.8, 4) is 5.75 Å². The largest absolute Gasteiger partial charge is 0.497 e. The fraction of sp³-hybridized carbons (Fsp3) is 0.360. The second kappa shape index (κ2) is 9.88. The SMILES string of the molecule is COC(=O)C1=C[C@H](c2ccc(Br)cc2)[C@H]2CC[C@H](CC(=O)c3ccc(OC)cc3)O[C@H]2O1. The molecule has 1 fully saturated rings. The number of benzene rings is 2. The van der Waals surface area contributed by atoms with Crippen LogP contribution in [-0.2, 0) is 19.0 Å². The van der Waals surface area contributed by atoms with Crippen LogP contribution in [0.15, 0.2) is 64.8 Å². The van der Waals surface area contributed by atoms with Gasteiger partial charge in [-0.3, -0.25) is 4.79 Å². The summed E-state index contributed by atoms with van der Waals surface area (Å²) < 4.78 is 23.1. The molecule has 0 spiro atoms. The summed E-state index contributed by atoms with van der Waals surface area (Å²) >= 11 is 3.46. The lowest BCUT2D eigenvalue weighted by Crippen LogP contribution is -2.43. The van der Waals surface area contributed by atoms with Gasteiger partial charge in [0.2, 0.25) is 12.0 Å². The zero-order valence-corrected chi connectivity index (χ0v) is 19.5. The monoisotopic (exact) mass is 500 g/mol. The summed E-state index contributed by atoms with van der Waals surface area (Å²) in [5, 5.41) is 0. The summed E-state index contributed by atoms with van der Waals surface area (Å²) in [5.41, 5.74) is 1.69. The molecule has 6 nitrogen and oxygen atoms in total. The van der Waals surface area contributed by atoms with Crippen LogP contribution in [0.2, 0.25) is 0 Å². The van der Waals surface area contributed by atoms with E-state index in [4.69, 9.17) is 18.9 Å². The Bertz CT molecular complexity index is 998. The maximum absolute atomic E-state index is 12.8. The summed E-state index contributed by atoms with van der Waals surface area (Å²) in [7, 11) is 2.91. The quantitative estimate of drug-likeness (QED) is 0.409. The smallest absolute Gasteiger partial charge is 0.373 e. The molecule has 0 aromatic heterocycles. The Morgan fingerprint density at radius 1 is 1.03 bits per heavy atom. The summed E-state index contributed by atoms with van der Waals surface area (Å²) in [4.78, 5) is 25.0. The molecule has 2 heterocycles. The van der Waals surface area contributed by atoms with E-state index in [1.807, 2.05) is 30.3 Å². The molecule has 0 unspecified atom stereocenters. The van der Waals surface area contributed by atoms with Gasteiger partial charge in [0.05, 0.1) is 20.3 Å². The van der Waals surface area contributed by atoms with Crippen molar-refractivity contribution in [1.29, 1.82) is 0 Å². The molecule has 2 aromatic rings. The molecular weight excluding hydrogens is 476 g/mol. The normalized spacial score (nSPS) is 24.5. The molecule has 0 aliphatic carbocycles. The van der Waals surface area contributed by atoms with Gasteiger partial charge in [-0.25, -0.2) is 4.79 Å². The highest BCUT2D eigenvalue weighted by atomic mass is 79.9. The van der Waals surface area contributed by atoms with Gasteiger partial charge in [0.15, 0.2) is 5.78 Å². The summed E-state index contributed by atoms with van der Waals surface area (Å²) in [5.74, 6) is 0.302. The number of ether oxygens (including phenoxy) is 4. The number of esters is 1. The lowest BCUT2D eigenvalue weighted by atomic mass is 9.78. The summed E-state index contributed by atoms with van der Waals surface area (Å²) in [6.07, 6.45) is 2.72. The first-order chi connectivity index (χ1) is 15.5. The van der Waals surface area contributed by atoms with Crippen LogP contribution in [0, 0.1) is 5.92 Å². The van der Waals surface area contributed by atoms with Gasteiger partial charge in [-0.15, -0.1) is 0 Å². The number of rotatable bonds is 6. The van der Waals surface area contributed by atoms with Crippen LogP contribution < -0.4 is 4.74 Å². The number of hydrogen-bond donors (Lipinski definition) is 0. The highest BCUT2D eigenvalue weighted by molar-refractivity contribution is 9.10. The Kier molecular flexibility index (Phi) is 6.96. The number of fused-ring (bicyclic) bond motifs is 1. The third kappa shape index (κ3) is 4.89. The maximum atomic E-state index is 12.8. The molecule has 168 valence electrons. The number of ketones is 1. The van der Waals surface area contributed by atoms with Crippen LogP contribution >= 0.6 is 15.9 Å². The van der Waals surface area contributed by atoms with Crippen LogP contribution in [-0.4, -0.2) is 38.4 Å². The zero-order chi connectivity index (χ0) is 22.7. The molecule has 0 saturated carbocycles. The second-order valence-corrected chi connectivity index (χ2v) is 8.86. The lowest BCUT2D eigenvalue weighted by Gasteiger charge is -2.42. The molecule has 4 atom stereocenters. The molecule has 1 saturated heterocycles. The van der Waals surface area contributed by atoms with Crippen molar-refractivity contribution < 1.29 is 28.5 Å². The van der Waals surface area contributed by atoms with E-state index in [0.717, 1.165) is 22.9 Å². The lowest BCUT2D eigenvalue weighted by molar-refractivity contribution is -0.215. The van der Waals surface area contributed by atoms with Gasteiger partial charge >= 0.3 is 5.97 Å². The van der Waals surface area contributed by atoms with Crippen molar-refractivity contribution in [1.82, 2.24) is 0 Å². The number of carbonyl (C=O) groups is 2. The molecular formula is C25H25BrO6. The topological polar surface area (TPSA) is 71.1 Å². The minimum atomic E-state index is -0.620. The first-order valence-corrected chi connectivity index (χ1v) is 11.3. The Hall–Kier alpha value is -2.64. The fourth-order valence-corrected chi connectivity index (χ4v) is 4.55.